The fourth-order valence-corrected chi connectivity index (χ4v) is 2.71. The van der Waals surface area contributed by atoms with Gasteiger partial charge in [-0.2, -0.15) is 0 Å². The van der Waals surface area contributed by atoms with E-state index in [1.165, 1.54) is 0 Å². The Hall–Kier alpha value is -2.66. The number of fused-ring (bicyclic) bond motifs is 1. The van der Waals surface area contributed by atoms with Crippen LogP contribution >= 0.6 is 0 Å². The maximum atomic E-state index is 11.6. The van der Waals surface area contributed by atoms with Crippen LogP contribution in [0.25, 0.3) is 22.4 Å². The monoisotopic (exact) mass is 296 g/mol. The van der Waals surface area contributed by atoms with Crippen molar-refractivity contribution >= 4 is 16.8 Å². The number of aryl methyl sites for hydroxylation is 2. The number of aliphatic hydroxyl groups excluding tert-OH is 1. The number of aromatic hydroxyl groups is 1. The molecule has 0 aliphatic rings. The number of aliphatic hydroxyl groups is 1. The van der Waals surface area contributed by atoms with Crippen molar-refractivity contribution in [1.29, 1.82) is 0 Å². The van der Waals surface area contributed by atoms with Gasteiger partial charge in [0, 0.05) is 11.1 Å². The molecule has 112 valence electrons. The molecule has 22 heavy (non-hydrogen) atoms. The molecule has 5 heteroatoms. The first-order valence-electron chi connectivity index (χ1n) is 6.94. The number of benzene rings is 2. The molecule has 5 nitrogen and oxygen atoms in total. The zero-order chi connectivity index (χ0) is 15.9. The Bertz CT molecular complexity index is 858. The number of hydrogen-bond acceptors (Lipinski definition) is 4. The van der Waals surface area contributed by atoms with E-state index >= 15 is 0 Å². The smallest absolute Gasteiger partial charge is 0.188 e. The van der Waals surface area contributed by atoms with E-state index in [2.05, 4.69) is 9.97 Å². The number of rotatable bonds is 3. The quantitative estimate of drug-likeness (QED) is 0.649. The van der Waals surface area contributed by atoms with Crippen LogP contribution in [0.4, 0.5) is 0 Å². The number of aromatic amines is 1. The number of Topliss-reactive ketones (excluding diaryl/α,β-unsaturated/α-hetero) is 1. The highest BCUT2D eigenvalue weighted by atomic mass is 16.3. The summed E-state index contributed by atoms with van der Waals surface area (Å²) in [4.78, 5) is 19.3. The van der Waals surface area contributed by atoms with Crippen molar-refractivity contribution in [1.82, 2.24) is 9.97 Å². The predicted molar refractivity (Wildman–Crippen MR) is 84.1 cm³/mol. The lowest BCUT2D eigenvalue weighted by atomic mass is 10.0. The van der Waals surface area contributed by atoms with Crippen molar-refractivity contribution in [2.45, 2.75) is 13.8 Å². The SMILES string of the molecule is Cc1cc(O)cc(C)c1-c1nc2ccc(C(=O)CO)cc2[nH]1. The van der Waals surface area contributed by atoms with Crippen LogP contribution < -0.4 is 0 Å². The van der Waals surface area contributed by atoms with E-state index in [-0.39, 0.29) is 11.5 Å². The summed E-state index contributed by atoms with van der Waals surface area (Å²) in [5.74, 6) is 0.597. The lowest BCUT2D eigenvalue weighted by molar-refractivity contribution is 0.0904. The van der Waals surface area contributed by atoms with Gasteiger partial charge in [0.2, 0.25) is 0 Å². The number of aromatic nitrogens is 2. The molecule has 0 atom stereocenters. The number of H-pyrrole nitrogens is 1. The zero-order valence-electron chi connectivity index (χ0n) is 12.3. The number of ketones is 1. The van der Waals surface area contributed by atoms with E-state index in [1.807, 2.05) is 13.8 Å². The van der Waals surface area contributed by atoms with E-state index in [1.54, 1.807) is 30.3 Å². The number of nitrogens with zero attached hydrogens (tertiary/aromatic N) is 1. The van der Waals surface area contributed by atoms with Crippen LogP contribution in [-0.2, 0) is 0 Å². The van der Waals surface area contributed by atoms with Crippen LogP contribution in [0, 0.1) is 13.8 Å². The van der Waals surface area contributed by atoms with E-state index in [0.717, 1.165) is 27.7 Å². The second-order valence-corrected chi connectivity index (χ2v) is 5.35. The fraction of sp³-hybridized carbons (Fsp3) is 0.176. The summed E-state index contributed by atoms with van der Waals surface area (Å²) >= 11 is 0. The van der Waals surface area contributed by atoms with Crippen molar-refractivity contribution in [3.63, 3.8) is 0 Å². The van der Waals surface area contributed by atoms with Crippen LogP contribution in [-0.4, -0.2) is 32.6 Å². The van der Waals surface area contributed by atoms with Crippen molar-refractivity contribution in [2.75, 3.05) is 6.61 Å². The summed E-state index contributed by atoms with van der Waals surface area (Å²) < 4.78 is 0. The molecule has 3 aromatic rings. The van der Waals surface area contributed by atoms with Crippen LogP contribution in [0.2, 0.25) is 0 Å². The third kappa shape index (κ3) is 2.35. The Morgan fingerprint density at radius 2 is 1.86 bits per heavy atom. The minimum absolute atomic E-state index is 0.227. The third-order valence-electron chi connectivity index (χ3n) is 3.70. The van der Waals surface area contributed by atoms with Crippen LogP contribution in [0.1, 0.15) is 21.5 Å². The second kappa shape index (κ2) is 5.27. The summed E-state index contributed by atoms with van der Waals surface area (Å²) in [6.45, 7) is 3.31. The number of phenols is 1. The average molecular weight is 296 g/mol. The topological polar surface area (TPSA) is 86.2 Å². The first kappa shape index (κ1) is 14.3. The minimum Gasteiger partial charge on any atom is -0.508 e. The van der Waals surface area contributed by atoms with Crippen molar-refractivity contribution < 1.29 is 15.0 Å². The number of carbonyl (C=O) groups is 1. The molecule has 1 aromatic heterocycles. The number of carbonyl (C=O) groups excluding carboxylic acids is 1. The molecule has 0 amide bonds. The fourth-order valence-electron chi connectivity index (χ4n) is 2.71. The Kier molecular flexibility index (Phi) is 3.42. The molecule has 2 aromatic carbocycles. The average Bonchev–Trinajstić information content (AvgIpc) is 2.87. The summed E-state index contributed by atoms with van der Waals surface area (Å²) in [6.07, 6.45) is 0. The molecule has 0 bridgehead atoms. The summed E-state index contributed by atoms with van der Waals surface area (Å²) in [5, 5.41) is 18.6. The Balaban J connectivity index is 2.15. The standard InChI is InChI=1S/C17H16N2O3/c1-9-5-12(21)6-10(2)16(9)17-18-13-4-3-11(15(22)8-20)7-14(13)19-17/h3-7,20-21H,8H2,1-2H3,(H,18,19). The lowest BCUT2D eigenvalue weighted by Crippen LogP contribution is -2.03. The van der Waals surface area contributed by atoms with Crippen LogP contribution in [0.5, 0.6) is 5.75 Å². The molecule has 3 rings (SSSR count). The first-order chi connectivity index (χ1) is 10.5. The Morgan fingerprint density at radius 1 is 1.18 bits per heavy atom. The minimum atomic E-state index is -0.511. The Labute approximate surface area is 127 Å². The van der Waals surface area contributed by atoms with Gasteiger partial charge in [-0.05, 0) is 55.3 Å². The van der Waals surface area contributed by atoms with Crippen molar-refractivity contribution in [2.24, 2.45) is 0 Å². The summed E-state index contributed by atoms with van der Waals surface area (Å²) in [5.41, 5.74) is 4.71. The van der Waals surface area contributed by atoms with Crippen LogP contribution in [0.15, 0.2) is 30.3 Å². The molecular weight excluding hydrogens is 280 g/mol. The molecule has 0 saturated heterocycles. The summed E-state index contributed by atoms with van der Waals surface area (Å²) in [6, 6.07) is 8.48. The third-order valence-corrected chi connectivity index (χ3v) is 3.70. The highest BCUT2D eigenvalue weighted by Crippen LogP contribution is 2.30. The number of phenolic OH excluding ortho intramolecular Hbond substituents is 1. The van der Waals surface area contributed by atoms with Gasteiger partial charge < -0.3 is 15.2 Å². The van der Waals surface area contributed by atoms with Crippen LogP contribution in [0.3, 0.4) is 0 Å². The lowest BCUT2D eigenvalue weighted by Gasteiger charge is -2.07. The molecule has 1 heterocycles. The number of hydrogen-bond donors (Lipinski definition) is 3. The molecule has 0 saturated carbocycles. The maximum absolute atomic E-state index is 11.6. The highest BCUT2D eigenvalue weighted by Gasteiger charge is 2.13. The van der Waals surface area contributed by atoms with Crippen molar-refractivity contribution in [3.8, 4) is 17.1 Å². The maximum Gasteiger partial charge on any atom is 0.188 e. The summed E-state index contributed by atoms with van der Waals surface area (Å²) in [7, 11) is 0. The highest BCUT2D eigenvalue weighted by molar-refractivity contribution is 5.99. The van der Waals surface area contributed by atoms with Crippen molar-refractivity contribution in [3.05, 3.63) is 47.0 Å². The number of nitrogens with one attached hydrogen (secondary N) is 1. The van der Waals surface area contributed by atoms with Gasteiger partial charge in [0.1, 0.15) is 18.2 Å². The predicted octanol–water partition coefficient (Wildman–Crippen LogP) is 2.73. The van der Waals surface area contributed by atoms with E-state index in [9.17, 15) is 9.90 Å². The van der Waals surface area contributed by atoms with Gasteiger partial charge in [-0.1, -0.05) is 0 Å². The molecule has 0 spiro atoms. The largest absolute Gasteiger partial charge is 0.508 e. The van der Waals surface area contributed by atoms with E-state index in [0.29, 0.717) is 11.4 Å². The van der Waals surface area contributed by atoms with Gasteiger partial charge >= 0.3 is 0 Å². The van der Waals surface area contributed by atoms with Gasteiger partial charge in [-0.15, -0.1) is 0 Å². The number of imidazole rings is 1. The van der Waals surface area contributed by atoms with Gasteiger partial charge in [0.25, 0.3) is 0 Å². The zero-order valence-corrected chi connectivity index (χ0v) is 12.3. The molecule has 0 unspecified atom stereocenters. The normalized spacial score (nSPS) is 11.0. The van der Waals surface area contributed by atoms with E-state index in [4.69, 9.17) is 5.11 Å². The van der Waals surface area contributed by atoms with Gasteiger partial charge in [0.05, 0.1) is 11.0 Å². The molecule has 3 N–H and O–H groups in total. The van der Waals surface area contributed by atoms with Gasteiger partial charge in [0.15, 0.2) is 5.78 Å². The molecular formula is C17H16N2O3. The Morgan fingerprint density at radius 3 is 2.50 bits per heavy atom. The molecule has 0 radical (unpaired) electrons. The molecule has 0 aliphatic heterocycles. The first-order valence-corrected chi connectivity index (χ1v) is 6.94. The second-order valence-electron chi connectivity index (χ2n) is 5.35. The van der Waals surface area contributed by atoms with Gasteiger partial charge in [-0.3, -0.25) is 4.79 Å². The van der Waals surface area contributed by atoms with E-state index < -0.39 is 6.61 Å². The molecule has 0 fully saturated rings. The molecule has 0 aliphatic carbocycles. The van der Waals surface area contributed by atoms with Gasteiger partial charge in [-0.25, -0.2) is 4.98 Å².